The quantitative estimate of drug-likeness (QED) is 0.776. The Morgan fingerprint density at radius 1 is 1.17 bits per heavy atom. The van der Waals surface area contributed by atoms with Crippen molar-refractivity contribution in [1.29, 1.82) is 0 Å². The van der Waals surface area contributed by atoms with Crippen LogP contribution in [0.15, 0.2) is 42.6 Å². The number of aromatic nitrogens is 1. The molecular formula is C20H22ClF3N4O. The van der Waals surface area contributed by atoms with Crippen LogP contribution in [0.2, 0.25) is 0 Å². The van der Waals surface area contributed by atoms with Crippen molar-refractivity contribution in [3.63, 3.8) is 0 Å². The van der Waals surface area contributed by atoms with Gasteiger partial charge in [0.15, 0.2) is 0 Å². The number of likely N-dealkylation sites (tertiary alicyclic amines) is 1. The second-order valence-corrected chi connectivity index (χ2v) is 7.48. The molecule has 3 atom stereocenters. The first-order valence-corrected chi connectivity index (χ1v) is 9.27. The van der Waals surface area contributed by atoms with Crippen molar-refractivity contribution in [3.8, 4) is 0 Å². The van der Waals surface area contributed by atoms with Crippen LogP contribution in [-0.2, 0) is 6.18 Å². The third-order valence-electron chi connectivity index (χ3n) is 5.69. The number of anilines is 2. The van der Waals surface area contributed by atoms with Gasteiger partial charge in [0.25, 0.3) is 5.91 Å². The van der Waals surface area contributed by atoms with Crippen LogP contribution in [0.1, 0.15) is 28.8 Å². The average Bonchev–Trinajstić information content (AvgIpc) is 3.23. The smallest absolute Gasteiger partial charge is 0.340 e. The van der Waals surface area contributed by atoms with Crippen molar-refractivity contribution in [3.05, 3.63) is 53.7 Å². The molecule has 4 rings (SSSR count). The fourth-order valence-corrected chi connectivity index (χ4v) is 4.23. The van der Waals surface area contributed by atoms with Crippen molar-refractivity contribution in [2.24, 2.45) is 17.6 Å². The molecule has 0 radical (unpaired) electrons. The minimum absolute atomic E-state index is 0. The molecule has 3 unspecified atom stereocenters. The Morgan fingerprint density at radius 2 is 1.97 bits per heavy atom. The molecule has 2 aliphatic rings. The van der Waals surface area contributed by atoms with E-state index in [9.17, 15) is 18.0 Å². The van der Waals surface area contributed by atoms with Gasteiger partial charge in [0.05, 0.1) is 11.1 Å². The number of nitrogens with zero attached hydrogens (tertiary/aromatic N) is 2. The van der Waals surface area contributed by atoms with Gasteiger partial charge in [-0.1, -0.05) is 6.07 Å². The second kappa shape index (κ2) is 8.20. The van der Waals surface area contributed by atoms with E-state index < -0.39 is 11.7 Å². The number of hydrogen-bond donors (Lipinski definition) is 2. The zero-order valence-corrected chi connectivity index (χ0v) is 16.3. The molecule has 1 aliphatic heterocycles. The minimum atomic E-state index is -4.44. The highest BCUT2D eigenvalue weighted by atomic mass is 35.5. The van der Waals surface area contributed by atoms with Crippen LogP contribution in [-0.4, -0.2) is 34.9 Å². The zero-order valence-electron chi connectivity index (χ0n) is 15.5. The summed E-state index contributed by atoms with van der Waals surface area (Å²) in [4.78, 5) is 19.0. The summed E-state index contributed by atoms with van der Waals surface area (Å²) in [6, 6.07) is 8.24. The van der Waals surface area contributed by atoms with E-state index in [-0.39, 0.29) is 35.9 Å². The fourth-order valence-electron chi connectivity index (χ4n) is 4.23. The standard InChI is InChI=1S/C20H21F3N4O.ClH/c21-20(22,23)13-3-1-4-14(9-13)26-18-15(5-2-8-25-18)19(28)27-10-12-6-7-17(24)16(12)11-27;/h1-5,8-9,12,16-17H,6-7,10-11,24H2,(H,25,26);1H. The normalized spacial score (nSPS) is 23.4. The van der Waals surface area contributed by atoms with Gasteiger partial charge in [-0.05, 0) is 55.0 Å². The summed E-state index contributed by atoms with van der Waals surface area (Å²) in [6.07, 6.45) is -0.918. The number of nitrogens with one attached hydrogen (secondary N) is 1. The molecule has 2 aromatic rings. The molecule has 3 N–H and O–H groups in total. The number of carbonyl (C=O) groups excluding carboxylic acids is 1. The molecule has 0 spiro atoms. The Kier molecular flexibility index (Phi) is 6.05. The summed E-state index contributed by atoms with van der Waals surface area (Å²) in [5, 5.41) is 2.87. The third kappa shape index (κ3) is 4.33. The summed E-state index contributed by atoms with van der Waals surface area (Å²) in [7, 11) is 0. The number of carbonyl (C=O) groups is 1. The predicted octanol–water partition coefficient (Wildman–Crippen LogP) is 4.08. The largest absolute Gasteiger partial charge is 0.416 e. The van der Waals surface area contributed by atoms with Crippen molar-refractivity contribution >= 4 is 29.8 Å². The number of benzene rings is 1. The molecule has 1 aliphatic carbocycles. The van der Waals surface area contributed by atoms with Gasteiger partial charge in [-0.2, -0.15) is 13.2 Å². The van der Waals surface area contributed by atoms with Gasteiger partial charge >= 0.3 is 6.18 Å². The molecule has 2 heterocycles. The van der Waals surface area contributed by atoms with E-state index in [4.69, 9.17) is 5.73 Å². The number of hydrogen-bond acceptors (Lipinski definition) is 4. The highest BCUT2D eigenvalue weighted by molar-refractivity contribution is 5.99. The lowest BCUT2D eigenvalue weighted by molar-refractivity contribution is -0.137. The number of fused-ring (bicyclic) bond motifs is 1. The Morgan fingerprint density at radius 3 is 2.69 bits per heavy atom. The van der Waals surface area contributed by atoms with Crippen LogP contribution in [0.3, 0.4) is 0 Å². The summed E-state index contributed by atoms with van der Waals surface area (Å²) in [5.41, 5.74) is 5.95. The molecule has 1 aromatic carbocycles. The van der Waals surface area contributed by atoms with Crippen LogP contribution in [0, 0.1) is 11.8 Å². The van der Waals surface area contributed by atoms with Crippen LogP contribution in [0.5, 0.6) is 0 Å². The lowest BCUT2D eigenvalue weighted by atomic mass is 9.98. The van der Waals surface area contributed by atoms with E-state index in [1.54, 1.807) is 17.0 Å². The maximum atomic E-state index is 13.0. The first-order valence-electron chi connectivity index (χ1n) is 9.27. The molecule has 5 nitrogen and oxygen atoms in total. The summed E-state index contributed by atoms with van der Waals surface area (Å²) < 4.78 is 38.8. The maximum Gasteiger partial charge on any atom is 0.416 e. The van der Waals surface area contributed by atoms with Crippen molar-refractivity contribution in [1.82, 2.24) is 9.88 Å². The molecule has 2 fully saturated rings. The van der Waals surface area contributed by atoms with Gasteiger partial charge in [-0.15, -0.1) is 12.4 Å². The molecule has 1 aromatic heterocycles. The predicted molar refractivity (Wildman–Crippen MR) is 106 cm³/mol. The van der Waals surface area contributed by atoms with E-state index in [2.05, 4.69) is 10.3 Å². The van der Waals surface area contributed by atoms with Crippen molar-refractivity contribution in [2.45, 2.75) is 25.1 Å². The van der Waals surface area contributed by atoms with Crippen molar-refractivity contribution < 1.29 is 18.0 Å². The zero-order chi connectivity index (χ0) is 19.9. The van der Waals surface area contributed by atoms with Gasteiger partial charge < -0.3 is 16.0 Å². The van der Waals surface area contributed by atoms with E-state index in [1.807, 2.05) is 0 Å². The molecular weight excluding hydrogens is 405 g/mol. The van der Waals surface area contributed by atoms with Gasteiger partial charge in [0, 0.05) is 31.0 Å². The van der Waals surface area contributed by atoms with Crippen LogP contribution >= 0.6 is 12.4 Å². The van der Waals surface area contributed by atoms with E-state index in [0.717, 1.165) is 25.0 Å². The fraction of sp³-hybridized carbons (Fsp3) is 0.400. The highest BCUT2D eigenvalue weighted by Gasteiger charge is 2.43. The maximum absolute atomic E-state index is 13.0. The SMILES string of the molecule is Cl.NC1CCC2CN(C(=O)c3cccnc3Nc3cccc(C(F)(F)F)c3)CC12. The number of halogens is 4. The van der Waals surface area contributed by atoms with Crippen LogP contribution < -0.4 is 11.1 Å². The van der Waals surface area contributed by atoms with E-state index in [1.165, 1.54) is 18.3 Å². The Balaban J connectivity index is 0.00000240. The van der Waals surface area contributed by atoms with Gasteiger partial charge in [-0.25, -0.2) is 4.98 Å². The first-order chi connectivity index (χ1) is 13.3. The summed E-state index contributed by atoms with van der Waals surface area (Å²) in [6.45, 7) is 1.28. The minimum Gasteiger partial charge on any atom is -0.340 e. The molecule has 9 heteroatoms. The molecule has 0 bridgehead atoms. The number of alkyl halides is 3. The van der Waals surface area contributed by atoms with Gasteiger partial charge in [0.2, 0.25) is 0 Å². The molecule has 1 amide bonds. The lowest BCUT2D eigenvalue weighted by Crippen LogP contribution is -2.33. The van der Waals surface area contributed by atoms with Crippen molar-refractivity contribution in [2.75, 3.05) is 18.4 Å². The van der Waals surface area contributed by atoms with E-state index in [0.29, 0.717) is 30.5 Å². The molecule has 1 saturated carbocycles. The molecule has 156 valence electrons. The number of rotatable bonds is 3. The highest BCUT2D eigenvalue weighted by Crippen LogP contribution is 2.38. The topological polar surface area (TPSA) is 71.2 Å². The van der Waals surface area contributed by atoms with E-state index >= 15 is 0 Å². The number of nitrogens with two attached hydrogens (primary N) is 1. The summed E-state index contributed by atoms with van der Waals surface area (Å²) >= 11 is 0. The number of amides is 1. The Labute approximate surface area is 172 Å². The Hall–Kier alpha value is -2.32. The molecule has 29 heavy (non-hydrogen) atoms. The monoisotopic (exact) mass is 426 g/mol. The first kappa shape index (κ1) is 21.4. The summed E-state index contributed by atoms with van der Waals surface area (Å²) in [5.74, 6) is 0.813. The van der Waals surface area contributed by atoms with Gasteiger partial charge in [0.1, 0.15) is 5.82 Å². The number of pyridine rings is 1. The van der Waals surface area contributed by atoms with Crippen LogP contribution in [0.4, 0.5) is 24.7 Å². The third-order valence-corrected chi connectivity index (χ3v) is 5.69. The second-order valence-electron chi connectivity index (χ2n) is 7.48. The lowest BCUT2D eigenvalue weighted by Gasteiger charge is -2.20. The Bertz CT molecular complexity index is 892. The van der Waals surface area contributed by atoms with Gasteiger partial charge in [-0.3, -0.25) is 4.79 Å². The molecule has 1 saturated heterocycles. The average molecular weight is 427 g/mol. The van der Waals surface area contributed by atoms with Crippen LogP contribution in [0.25, 0.3) is 0 Å².